The van der Waals surface area contributed by atoms with Gasteiger partial charge in [0.25, 0.3) is 0 Å². The molecule has 0 spiro atoms. The number of carbonyl (C=O) groups is 1. The second-order valence-corrected chi connectivity index (χ2v) is 7.44. The second-order valence-electron chi connectivity index (χ2n) is 7.03. The van der Waals surface area contributed by atoms with E-state index in [-0.39, 0.29) is 22.5 Å². The first-order chi connectivity index (χ1) is 14.8. The first-order valence-electron chi connectivity index (χ1n) is 9.42. The van der Waals surface area contributed by atoms with E-state index in [1.54, 1.807) is 6.07 Å². The maximum atomic E-state index is 12.9. The molecule has 1 saturated heterocycles. The highest BCUT2D eigenvalue weighted by atomic mass is 35.5. The van der Waals surface area contributed by atoms with Crippen LogP contribution in [0.5, 0.6) is 0 Å². The van der Waals surface area contributed by atoms with Crippen LogP contribution in [0, 0.1) is 5.92 Å². The van der Waals surface area contributed by atoms with Gasteiger partial charge in [-0.1, -0.05) is 11.6 Å². The van der Waals surface area contributed by atoms with Crippen molar-refractivity contribution in [3.8, 4) is 5.82 Å². The third kappa shape index (κ3) is 4.76. The molecule has 1 fully saturated rings. The number of hydrogen-bond donors (Lipinski definition) is 1. The third-order valence-electron chi connectivity index (χ3n) is 5.03. The molecule has 31 heavy (non-hydrogen) atoms. The van der Waals surface area contributed by atoms with Gasteiger partial charge in [0.15, 0.2) is 11.6 Å². The molecule has 0 bridgehead atoms. The molecule has 1 aliphatic heterocycles. The fraction of sp³-hybridized carbons (Fsp3) is 0.316. The van der Waals surface area contributed by atoms with Gasteiger partial charge in [-0.3, -0.25) is 4.79 Å². The Bertz CT molecular complexity index is 1050. The van der Waals surface area contributed by atoms with Gasteiger partial charge >= 0.3 is 6.18 Å². The van der Waals surface area contributed by atoms with E-state index in [2.05, 4.69) is 25.6 Å². The SMILES string of the molecule is O=C(Nc1cc(C(F)(F)F)ccc1Cl)C1CCN(c2ccc(-n3cncn3)nn2)CC1. The maximum absolute atomic E-state index is 12.9. The topological polar surface area (TPSA) is 88.8 Å². The highest BCUT2D eigenvalue weighted by Gasteiger charge is 2.32. The second kappa shape index (κ2) is 8.50. The monoisotopic (exact) mass is 451 g/mol. The van der Waals surface area contributed by atoms with Crippen LogP contribution in [0.15, 0.2) is 43.0 Å². The number of halogens is 4. The number of benzene rings is 1. The van der Waals surface area contributed by atoms with Crippen molar-refractivity contribution >= 4 is 29.0 Å². The Labute approximate surface area is 180 Å². The minimum Gasteiger partial charge on any atom is -0.355 e. The van der Waals surface area contributed by atoms with Crippen molar-refractivity contribution in [2.24, 2.45) is 5.92 Å². The number of aromatic nitrogens is 5. The Kier molecular flexibility index (Phi) is 5.77. The number of anilines is 2. The molecule has 0 saturated carbocycles. The van der Waals surface area contributed by atoms with E-state index in [4.69, 9.17) is 11.6 Å². The van der Waals surface area contributed by atoms with Gasteiger partial charge in [-0.25, -0.2) is 9.67 Å². The van der Waals surface area contributed by atoms with Crippen LogP contribution in [0.1, 0.15) is 18.4 Å². The van der Waals surface area contributed by atoms with E-state index in [9.17, 15) is 18.0 Å². The maximum Gasteiger partial charge on any atom is 0.416 e. The Hall–Kier alpha value is -3.21. The molecule has 1 aromatic carbocycles. The van der Waals surface area contributed by atoms with Crippen molar-refractivity contribution in [3.63, 3.8) is 0 Å². The lowest BCUT2D eigenvalue weighted by Gasteiger charge is -2.31. The summed E-state index contributed by atoms with van der Waals surface area (Å²) in [5.41, 5.74) is -0.909. The molecule has 4 rings (SSSR count). The quantitative estimate of drug-likeness (QED) is 0.652. The average Bonchev–Trinajstić information content (AvgIpc) is 3.30. The smallest absolute Gasteiger partial charge is 0.355 e. The molecular weight excluding hydrogens is 435 g/mol. The van der Waals surface area contributed by atoms with Crippen LogP contribution in [-0.4, -0.2) is 44.0 Å². The van der Waals surface area contributed by atoms with Crippen molar-refractivity contribution in [2.75, 3.05) is 23.3 Å². The lowest BCUT2D eigenvalue weighted by Crippen LogP contribution is -2.38. The first-order valence-corrected chi connectivity index (χ1v) is 9.80. The number of nitrogens with one attached hydrogen (secondary N) is 1. The number of rotatable bonds is 4. The highest BCUT2D eigenvalue weighted by molar-refractivity contribution is 6.33. The van der Waals surface area contributed by atoms with Crippen LogP contribution in [0.25, 0.3) is 5.82 Å². The summed E-state index contributed by atoms with van der Waals surface area (Å²) in [6.07, 6.45) is -0.549. The molecule has 2 aromatic heterocycles. The first kappa shape index (κ1) is 21.0. The van der Waals surface area contributed by atoms with Crippen molar-refractivity contribution in [3.05, 3.63) is 53.6 Å². The van der Waals surface area contributed by atoms with Crippen LogP contribution in [0.2, 0.25) is 5.02 Å². The molecule has 1 amide bonds. The Morgan fingerprint density at radius 3 is 2.42 bits per heavy atom. The summed E-state index contributed by atoms with van der Waals surface area (Å²) in [5, 5.41) is 14.9. The summed E-state index contributed by atoms with van der Waals surface area (Å²) < 4.78 is 40.3. The predicted octanol–water partition coefficient (Wildman–Crippen LogP) is 3.58. The molecule has 3 heterocycles. The Morgan fingerprint density at radius 2 is 1.81 bits per heavy atom. The number of nitrogens with zero attached hydrogens (tertiary/aromatic N) is 6. The molecule has 12 heteroatoms. The van der Waals surface area contributed by atoms with Gasteiger partial charge in [0.2, 0.25) is 5.91 Å². The zero-order valence-corrected chi connectivity index (χ0v) is 16.8. The normalized spacial score (nSPS) is 15.2. The summed E-state index contributed by atoms with van der Waals surface area (Å²) in [6.45, 7) is 1.12. The third-order valence-corrected chi connectivity index (χ3v) is 5.36. The average molecular weight is 452 g/mol. The van der Waals surface area contributed by atoms with Gasteiger partial charge in [-0.15, -0.1) is 10.2 Å². The molecule has 1 N–H and O–H groups in total. The van der Waals surface area contributed by atoms with Gasteiger partial charge in [0.1, 0.15) is 12.7 Å². The lowest BCUT2D eigenvalue weighted by atomic mass is 9.95. The van der Waals surface area contributed by atoms with E-state index in [0.717, 1.165) is 18.2 Å². The van der Waals surface area contributed by atoms with Gasteiger partial charge in [-0.2, -0.15) is 18.3 Å². The summed E-state index contributed by atoms with van der Waals surface area (Å²) in [4.78, 5) is 18.4. The van der Waals surface area contributed by atoms with Gasteiger partial charge in [0, 0.05) is 19.0 Å². The number of carbonyl (C=O) groups excluding carboxylic acids is 1. The molecule has 8 nitrogen and oxygen atoms in total. The summed E-state index contributed by atoms with van der Waals surface area (Å²) >= 11 is 5.97. The predicted molar refractivity (Wildman–Crippen MR) is 107 cm³/mol. The Balaban J connectivity index is 1.36. The standard InChI is InChI=1S/C19H17ClF3N7O/c20-14-2-1-13(19(21,22)23)9-15(14)26-18(31)12-5-7-29(8-6-12)16-3-4-17(28-27-16)30-11-24-10-25-30/h1-4,9-12H,5-8H2,(H,26,31). The number of hydrogen-bond acceptors (Lipinski definition) is 6. The summed E-state index contributed by atoms with van der Waals surface area (Å²) in [7, 11) is 0. The number of piperidine rings is 1. The molecule has 0 radical (unpaired) electrons. The van der Waals surface area contributed by atoms with Crippen LogP contribution >= 0.6 is 11.6 Å². The zero-order chi connectivity index (χ0) is 22.0. The lowest BCUT2D eigenvalue weighted by molar-refractivity contribution is -0.137. The van der Waals surface area contributed by atoms with Crippen LogP contribution in [0.3, 0.4) is 0 Å². The summed E-state index contributed by atoms with van der Waals surface area (Å²) in [6, 6.07) is 6.44. The van der Waals surface area contributed by atoms with Crippen LogP contribution in [-0.2, 0) is 11.0 Å². The van der Waals surface area contributed by atoms with Gasteiger partial charge < -0.3 is 10.2 Å². The van der Waals surface area contributed by atoms with E-state index in [1.807, 2.05) is 11.0 Å². The number of amides is 1. The number of alkyl halides is 3. The van der Waals surface area contributed by atoms with E-state index in [1.165, 1.54) is 17.3 Å². The van der Waals surface area contributed by atoms with Crippen molar-refractivity contribution in [2.45, 2.75) is 19.0 Å². The molecule has 162 valence electrons. The minimum absolute atomic E-state index is 0.0431. The zero-order valence-electron chi connectivity index (χ0n) is 16.1. The van der Waals surface area contributed by atoms with Crippen LogP contribution < -0.4 is 10.2 Å². The van der Waals surface area contributed by atoms with Crippen molar-refractivity contribution < 1.29 is 18.0 Å². The fourth-order valence-corrected chi connectivity index (χ4v) is 3.50. The van der Waals surface area contributed by atoms with Crippen molar-refractivity contribution in [1.82, 2.24) is 25.0 Å². The Morgan fingerprint density at radius 1 is 1.10 bits per heavy atom. The highest BCUT2D eigenvalue weighted by Crippen LogP contribution is 2.34. The molecule has 0 unspecified atom stereocenters. The molecule has 1 aliphatic rings. The van der Waals surface area contributed by atoms with Crippen LogP contribution in [0.4, 0.5) is 24.7 Å². The molecule has 3 aromatic rings. The largest absolute Gasteiger partial charge is 0.416 e. The molecular formula is C19H17ClF3N7O. The minimum atomic E-state index is -4.51. The molecule has 0 aliphatic carbocycles. The van der Waals surface area contributed by atoms with E-state index in [0.29, 0.717) is 37.6 Å². The van der Waals surface area contributed by atoms with E-state index < -0.39 is 11.7 Å². The molecule has 0 atom stereocenters. The van der Waals surface area contributed by atoms with Gasteiger partial charge in [0.05, 0.1) is 16.3 Å². The summed E-state index contributed by atoms with van der Waals surface area (Å²) in [5.74, 6) is 0.509. The van der Waals surface area contributed by atoms with Gasteiger partial charge in [-0.05, 0) is 43.2 Å². The van der Waals surface area contributed by atoms with E-state index >= 15 is 0 Å². The fourth-order valence-electron chi connectivity index (χ4n) is 3.34. The van der Waals surface area contributed by atoms with Crippen molar-refractivity contribution in [1.29, 1.82) is 0 Å².